The van der Waals surface area contributed by atoms with E-state index in [1.54, 1.807) is 24.5 Å². The van der Waals surface area contributed by atoms with Gasteiger partial charge >= 0.3 is 5.97 Å². The van der Waals surface area contributed by atoms with E-state index in [-0.39, 0.29) is 23.7 Å². The Bertz CT molecular complexity index is 884. The summed E-state index contributed by atoms with van der Waals surface area (Å²) in [5, 5.41) is 2.67. The quantitative estimate of drug-likeness (QED) is 0.689. The van der Waals surface area contributed by atoms with E-state index in [9.17, 15) is 23.2 Å². The predicted octanol–water partition coefficient (Wildman–Crippen LogP) is 1.81. The van der Waals surface area contributed by atoms with Crippen molar-refractivity contribution in [1.82, 2.24) is 15.2 Å². The summed E-state index contributed by atoms with van der Waals surface area (Å²) in [4.78, 5) is 44.1. The zero-order chi connectivity index (χ0) is 22.6. The topological polar surface area (TPSA) is 88.6 Å². The second-order valence-corrected chi connectivity index (χ2v) is 9.50. The molecule has 0 spiro atoms. The molecular formula is C22H27F2N3O4. The number of nitrogens with one attached hydrogen (secondary N) is 1. The molecule has 1 aliphatic heterocycles. The minimum absolute atomic E-state index is 0.00367. The van der Waals surface area contributed by atoms with Crippen LogP contribution in [-0.4, -0.2) is 59.3 Å². The monoisotopic (exact) mass is 435 g/mol. The van der Waals surface area contributed by atoms with E-state index in [2.05, 4.69) is 24.1 Å². The Morgan fingerprint density at radius 1 is 1.32 bits per heavy atom. The van der Waals surface area contributed by atoms with Crippen LogP contribution in [0.3, 0.4) is 0 Å². The third-order valence-corrected chi connectivity index (χ3v) is 7.17. The zero-order valence-electron chi connectivity index (χ0n) is 17.8. The smallest absolute Gasteiger partial charge is 0.328 e. The van der Waals surface area contributed by atoms with Crippen LogP contribution in [-0.2, 0) is 25.5 Å². The Morgan fingerprint density at radius 2 is 2.03 bits per heavy atom. The van der Waals surface area contributed by atoms with E-state index in [1.165, 1.54) is 12.0 Å². The van der Waals surface area contributed by atoms with Crippen LogP contribution < -0.4 is 5.32 Å². The molecule has 0 unspecified atom stereocenters. The maximum atomic E-state index is 13.5. The number of hydrogen-bond acceptors (Lipinski definition) is 5. The van der Waals surface area contributed by atoms with Gasteiger partial charge in [0.05, 0.1) is 7.11 Å². The largest absolute Gasteiger partial charge is 0.467 e. The summed E-state index contributed by atoms with van der Waals surface area (Å²) in [6, 6.07) is 1.81. The van der Waals surface area contributed by atoms with Crippen molar-refractivity contribution in [3.8, 4) is 0 Å². The second-order valence-electron chi connectivity index (χ2n) is 9.50. The third kappa shape index (κ3) is 3.90. The highest BCUT2D eigenvalue weighted by Crippen LogP contribution is 2.65. The van der Waals surface area contributed by atoms with Gasteiger partial charge in [0.2, 0.25) is 17.7 Å². The molecule has 1 saturated heterocycles. The number of pyridine rings is 1. The van der Waals surface area contributed by atoms with Gasteiger partial charge in [-0.05, 0) is 23.0 Å². The first kappa shape index (κ1) is 21.6. The minimum atomic E-state index is -2.83. The van der Waals surface area contributed by atoms with Crippen LogP contribution in [0, 0.1) is 23.2 Å². The number of piperidine rings is 1. The molecule has 31 heavy (non-hydrogen) atoms. The maximum absolute atomic E-state index is 13.5. The molecule has 1 N–H and O–H groups in total. The number of aromatic nitrogens is 1. The molecular weight excluding hydrogens is 408 g/mol. The molecule has 168 valence electrons. The van der Waals surface area contributed by atoms with Crippen molar-refractivity contribution in [1.29, 1.82) is 0 Å². The van der Waals surface area contributed by atoms with Gasteiger partial charge in [-0.3, -0.25) is 14.6 Å². The molecule has 9 heteroatoms. The van der Waals surface area contributed by atoms with Crippen LogP contribution in [0.25, 0.3) is 0 Å². The molecule has 4 atom stereocenters. The Labute approximate surface area is 179 Å². The number of rotatable bonds is 6. The highest BCUT2D eigenvalue weighted by atomic mass is 19.3. The van der Waals surface area contributed by atoms with Crippen molar-refractivity contribution in [2.45, 2.75) is 51.1 Å². The number of carbonyl (C=O) groups is 3. The average molecular weight is 435 g/mol. The number of methoxy groups -OCH3 is 1. The van der Waals surface area contributed by atoms with Gasteiger partial charge < -0.3 is 15.0 Å². The van der Waals surface area contributed by atoms with Crippen molar-refractivity contribution < 1.29 is 27.9 Å². The number of halogens is 2. The third-order valence-electron chi connectivity index (χ3n) is 7.17. The standard InChI is InChI=1S/C22H27F2N3O4/c1-21(2)14-11-27(17(16(14)21)20(30)31-3)19(29)15(7-12-5-4-6-25-10-12)26-18(28)13-8-22(23,24)9-13/h4-6,10,13-17H,7-9,11H2,1-3H3,(H,26,28)/t14-,15-,16-,17-/m0/s1. The van der Waals surface area contributed by atoms with E-state index >= 15 is 0 Å². The van der Waals surface area contributed by atoms with Gasteiger partial charge in [0.25, 0.3) is 0 Å². The van der Waals surface area contributed by atoms with Gasteiger partial charge in [-0.2, -0.15) is 0 Å². The van der Waals surface area contributed by atoms with Crippen molar-refractivity contribution in [3.05, 3.63) is 30.1 Å². The summed E-state index contributed by atoms with van der Waals surface area (Å²) in [5.41, 5.74) is 0.661. The summed E-state index contributed by atoms with van der Waals surface area (Å²) in [7, 11) is 1.29. The number of nitrogens with zero attached hydrogens (tertiary/aromatic N) is 2. The Hall–Kier alpha value is -2.58. The van der Waals surface area contributed by atoms with Crippen molar-refractivity contribution in [2.75, 3.05) is 13.7 Å². The summed E-state index contributed by atoms with van der Waals surface area (Å²) in [5.74, 6) is -4.90. The van der Waals surface area contributed by atoms with Gasteiger partial charge in [0.1, 0.15) is 12.1 Å². The van der Waals surface area contributed by atoms with Crippen molar-refractivity contribution >= 4 is 17.8 Å². The summed E-state index contributed by atoms with van der Waals surface area (Å²) in [6.07, 6.45) is 2.31. The van der Waals surface area contributed by atoms with Crippen LogP contribution in [0.5, 0.6) is 0 Å². The molecule has 2 saturated carbocycles. The molecule has 2 amide bonds. The number of fused-ring (bicyclic) bond motifs is 1. The van der Waals surface area contributed by atoms with Crippen molar-refractivity contribution in [3.63, 3.8) is 0 Å². The molecule has 2 heterocycles. The first-order valence-corrected chi connectivity index (χ1v) is 10.5. The van der Waals surface area contributed by atoms with Gasteiger partial charge in [-0.15, -0.1) is 0 Å². The van der Waals surface area contributed by atoms with E-state index in [1.807, 2.05) is 0 Å². The van der Waals surface area contributed by atoms with Gasteiger partial charge in [0, 0.05) is 50.0 Å². The lowest BCUT2D eigenvalue weighted by Gasteiger charge is -2.36. The molecule has 2 aliphatic carbocycles. The summed E-state index contributed by atoms with van der Waals surface area (Å²) >= 11 is 0. The first-order valence-electron chi connectivity index (χ1n) is 10.5. The molecule has 1 aromatic rings. The predicted molar refractivity (Wildman–Crippen MR) is 106 cm³/mol. The number of ether oxygens (including phenoxy) is 1. The lowest BCUT2D eigenvalue weighted by atomic mass is 9.80. The van der Waals surface area contributed by atoms with Crippen molar-refractivity contribution in [2.24, 2.45) is 23.2 Å². The van der Waals surface area contributed by atoms with E-state index in [4.69, 9.17) is 4.74 Å². The Kier molecular flexibility index (Phi) is 5.26. The second kappa shape index (κ2) is 7.53. The fraction of sp³-hybridized carbons (Fsp3) is 0.636. The zero-order valence-corrected chi connectivity index (χ0v) is 17.8. The molecule has 7 nitrogen and oxygen atoms in total. The maximum Gasteiger partial charge on any atom is 0.328 e. The van der Waals surface area contributed by atoms with E-state index in [0.29, 0.717) is 6.54 Å². The summed E-state index contributed by atoms with van der Waals surface area (Å²) in [6.45, 7) is 4.52. The lowest BCUT2D eigenvalue weighted by molar-refractivity contribution is -0.156. The number of likely N-dealkylation sites (tertiary alicyclic amines) is 1. The van der Waals surface area contributed by atoms with Gasteiger partial charge in [-0.1, -0.05) is 19.9 Å². The average Bonchev–Trinajstić information content (AvgIpc) is 3.04. The fourth-order valence-corrected chi connectivity index (χ4v) is 5.19. The molecule has 3 fully saturated rings. The van der Waals surface area contributed by atoms with Gasteiger partial charge in [0.15, 0.2) is 0 Å². The highest BCUT2D eigenvalue weighted by Gasteiger charge is 2.70. The molecule has 3 aliphatic rings. The number of amides is 2. The normalized spacial score (nSPS) is 28.8. The number of esters is 1. The van der Waals surface area contributed by atoms with E-state index in [0.717, 1.165) is 5.56 Å². The van der Waals surface area contributed by atoms with E-state index < -0.39 is 54.5 Å². The van der Waals surface area contributed by atoms with Crippen LogP contribution >= 0.6 is 0 Å². The summed E-state index contributed by atoms with van der Waals surface area (Å²) < 4.78 is 31.4. The SMILES string of the molecule is COC(=O)[C@@H]1[C@@H]2[C@H](CN1C(=O)[C@H](Cc1cccnc1)NC(=O)C1CC(F)(F)C1)C2(C)C. The Morgan fingerprint density at radius 3 is 2.61 bits per heavy atom. The molecule has 0 bridgehead atoms. The minimum Gasteiger partial charge on any atom is -0.467 e. The molecule has 1 aromatic heterocycles. The highest BCUT2D eigenvalue weighted by molar-refractivity contribution is 5.92. The molecule has 0 radical (unpaired) electrons. The molecule has 0 aromatic carbocycles. The Balaban J connectivity index is 1.53. The number of alkyl halides is 2. The molecule has 4 rings (SSSR count). The number of hydrogen-bond donors (Lipinski definition) is 1. The van der Waals surface area contributed by atoms with Crippen LogP contribution in [0.4, 0.5) is 8.78 Å². The lowest BCUT2D eigenvalue weighted by Crippen LogP contribution is -2.56. The van der Waals surface area contributed by atoms with Crippen LogP contribution in [0.1, 0.15) is 32.3 Å². The van der Waals surface area contributed by atoms with Crippen LogP contribution in [0.15, 0.2) is 24.5 Å². The number of carbonyl (C=O) groups excluding carboxylic acids is 3. The van der Waals surface area contributed by atoms with Gasteiger partial charge in [-0.25, -0.2) is 13.6 Å². The fourth-order valence-electron chi connectivity index (χ4n) is 5.19. The van der Waals surface area contributed by atoms with Crippen LogP contribution in [0.2, 0.25) is 0 Å². The first-order chi connectivity index (χ1) is 14.5.